The van der Waals surface area contributed by atoms with Gasteiger partial charge in [0.1, 0.15) is 0 Å². The SMILES string of the molecule is CC/C=C\C/C=C\C/C=C\C/C=C\C/C=C\C/C=C\C/C=C\C/C=C\C/C=C\CCCCCCCCCCCCCC(=O)NC(CO)C(O)CCCCCCCCCCCCCCCCCCCCCC. The van der Waals surface area contributed by atoms with E-state index in [4.69, 9.17) is 0 Å². The number of carbonyl (C=O) groups excluding carboxylic acids is 1. The van der Waals surface area contributed by atoms with E-state index >= 15 is 0 Å². The molecule has 2 atom stereocenters. The second kappa shape index (κ2) is 61.4. The van der Waals surface area contributed by atoms with Crippen LogP contribution in [0.25, 0.3) is 0 Å². The van der Waals surface area contributed by atoms with Crippen LogP contribution in [0.4, 0.5) is 0 Å². The lowest BCUT2D eigenvalue weighted by atomic mass is 10.0. The van der Waals surface area contributed by atoms with Gasteiger partial charge < -0.3 is 15.5 Å². The second-order valence-corrected chi connectivity index (χ2v) is 20.4. The first-order valence-corrected chi connectivity index (χ1v) is 30.6. The van der Waals surface area contributed by atoms with E-state index < -0.39 is 12.1 Å². The molecule has 0 aromatic heterocycles. The van der Waals surface area contributed by atoms with Crippen LogP contribution in [-0.4, -0.2) is 34.9 Å². The van der Waals surface area contributed by atoms with E-state index in [0.717, 1.165) is 83.5 Å². The van der Waals surface area contributed by atoms with Crippen molar-refractivity contribution in [1.82, 2.24) is 5.32 Å². The Morgan fingerprint density at radius 2 is 0.620 bits per heavy atom. The molecule has 4 nitrogen and oxygen atoms in total. The van der Waals surface area contributed by atoms with Crippen molar-refractivity contribution < 1.29 is 15.0 Å². The van der Waals surface area contributed by atoms with Gasteiger partial charge in [-0.15, -0.1) is 0 Å². The number of allylic oxidation sites excluding steroid dienone is 18. The van der Waals surface area contributed by atoms with Gasteiger partial charge >= 0.3 is 0 Å². The number of hydrogen-bond acceptors (Lipinski definition) is 3. The molecular weight excluding hydrogens is 867 g/mol. The molecule has 0 aliphatic heterocycles. The van der Waals surface area contributed by atoms with Crippen LogP contribution in [0.15, 0.2) is 109 Å². The zero-order valence-corrected chi connectivity index (χ0v) is 47.0. The smallest absolute Gasteiger partial charge is 0.220 e. The first kappa shape index (κ1) is 68.0. The number of carbonyl (C=O) groups is 1. The number of aliphatic hydroxyl groups excluding tert-OH is 2. The van der Waals surface area contributed by atoms with Gasteiger partial charge in [-0.05, 0) is 83.5 Å². The number of unbranched alkanes of at least 4 members (excludes halogenated alkanes) is 30. The molecule has 0 spiro atoms. The summed E-state index contributed by atoms with van der Waals surface area (Å²) >= 11 is 0. The van der Waals surface area contributed by atoms with Crippen LogP contribution in [0, 0.1) is 0 Å². The van der Waals surface area contributed by atoms with Gasteiger partial charge in [0.15, 0.2) is 0 Å². The zero-order chi connectivity index (χ0) is 51.3. The minimum absolute atomic E-state index is 0.0359. The number of hydrogen-bond donors (Lipinski definition) is 3. The summed E-state index contributed by atoms with van der Waals surface area (Å²) < 4.78 is 0. The lowest BCUT2D eigenvalue weighted by molar-refractivity contribution is -0.123. The van der Waals surface area contributed by atoms with E-state index in [9.17, 15) is 15.0 Å². The summed E-state index contributed by atoms with van der Waals surface area (Å²) in [5.74, 6) is -0.0359. The summed E-state index contributed by atoms with van der Waals surface area (Å²) in [5, 5.41) is 23.4. The van der Waals surface area contributed by atoms with Crippen molar-refractivity contribution in [2.45, 2.75) is 302 Å². The molecule has 2 unspecified atom stereocenters. The van der Waals surface area contributed by atoms with E-state index in [2.05, 4.69) is 129 Å². The fourth-order valence-corrected chi connectivity index (χ4v) is 8.94. The summed E-state index contributed by atoms with van der Waals surface area (Å²) in [7, 11) is 0. The highest BCUT2D eigenvalue weighted by Gasteiger charge is 2.20. The molecule has 3 N–H and O–H groups in total. The molecule has 71 heavy (non-hydrogen) atoms. The predicted octanol–water partition coefficient (Wildman–Crippen LogP) is 20.6. The average molecular weight is 985 g/mol. The highest BCUT2D eigenvalue weighted by Crippen LogP contribution is 2.17. The van der Waals surface area contributed by atoms with Gasteiger partial charge in [0, 0.05) is 6.42 Å². The molecule has 0 aliphatic carbocycles. The monoisotopic (exact) mass is 984 g/mol. The Morgan fingerprint density at radius 1 is 0.352 bits per heavy atom. The summed E-state index contributed by atoms with van der Waals surface area (Å²) in [6.45, 7) is 4.26. The van der Waals surface area contributed by atoms with E-state index in [0.29, 0.717) is 12.8 Å². The van der Waals surface area contributed by atoms with Crippen molar-refractivity contribution in [2.24, 2.45) is 0 Å². The first-order valence-electron chi connectivity index (χ1n) is 30.6. The van der Waals surface area contributed by atoms with Gasteiger partial charge in [0.25, 0.3) is 0 Å². The topological polar surface area (TPSA) is 69.6 Å². The van der Waals surface area contributed by atoms with E-state index in [1.807, 2.05) is 0 Å². The van der Waals surface area contributed by atoms with Crippen LogP contribution in [0.1, 0.15) is 290 Å². The Kier molecular flexibility index (Phi) is 58.8. The number of amides is 1. The lowest BCUT2D eigenvalue weighted by Gasteiger charge is -2.22. The van der Waals surface area contributed by atoms with E-state index in [1.54, 1.807) is 0 Å². The van der Waals surface area contributed by atoms with Crippen LogP contribution in [0.3, 0.4) is 0 Å². The average Bonchev–Trinajstić information content (AvgIpc) is 3.37. The van der Waals surface area contributed by atoms with Crippen LogP contribution < -0.4 is 5.32 Å². The van der Waals surface area contributed by atoms with Crippen molar-refractivity contribution in [3.63, 3.8) is 0 Å². The third-order valence-corrected chi connectivity index (χ3v) is 13.5. The van der Waals surface area contributed by atoms with Crippen molar-refractivity contribution in [3.05, 3.63) is 109 Å². The zero-order valence-electron chi connectivity index (χ0n) is 47.0. The molecular formula is C67H117NO3. The maximum absolute atomic E-state index is 12.5. The maximum Gasteiger partial charge on any atom is 0.220 e. The Balaban J connectivity index is 3.54. The summed E-state index contributed by atoms with van der Waals surface area (Å²) in [5.41, 5.74) is 0. The van der Waals surface area contributed by atoms with Gasteiger partial charge in [0.05, 0.1) is 18.8 Å². The molecule has 1 amide bonds. The van der Waals surface area contributed by atoms with Gasteiger partial charge in [-0.3, -0.25) is 4.79 Å². The summed E-state index contributed by atoms with van der Waals surface area (Å²) in [6.07, 6.45) is 92.3. The third-order valence-electron chi connectivity index (χ3n) is 13.5. The fraction of sp³-hybridized carbons (Fsp3) is 0.716. The van der Waals surface area contributed by atoms with Crippen LogP contribution in [0.2, 0.25) is 0 Å². The quantitative estimate of drug-likeness (QED) is 0.0420. The van der Waals surface area contributed by atoms with Gasteiger partial charge in [-0.1, -0.05) is 309 Å². The molecule has 0 heterocycles. The molecule has 0 aromatic rings. The van der Waals surface area contributed by atoms with Gasteiger partial charge in [0.2, 0.25) is 5.91 Å². The van der Waals surface area contributed by atoms with Crippen molar-refractivity contribution >= 4 is 5.91 Å². The minimum Gasteiger partial charge on any atom is -0.394 e. The highest BCUT2D eigenvalue weighted by atomic mass is 16.3. The van der Waals surface area contributed by atoms with Crippen molar-refractivity contribution in [2.75, 3.05) is 6.61 Å². The molecule has 4 heteroatoms. The molecule has 0 bridgehead atoms. The molecule has 0 fully saturated rings. The van der Waals surface area contributed by atoms with Crippen LogP contribution in [-0.2, 0) is 4.79 Å². The molecule has 0 aromatic carbocycles. The van der Waals surface area contributed by atoms with Crippen molar-refractivity contribution in [1.29, 1.82) is 0 Å². The molecule has 0 saturated heterocycles. The van der Waals surface area contributed by atoms with Crippen LogP contribution >= 0.6 is 0 Å². The highest BCUT2D eigenvalue weighted by molar-refractivity contribution is 5.76. The molecule has 0 radical (unpaired) electrons. The summed E-state index contributed by atoms with van der Waals surface area (Å²) in [6, 6.07) is -0.545. The van der Waals surface area contributed by atoms with E-state index in [-0.39, 0.29) is 12.5 Å². The summed E-state index contributed by atoms with van der Waals surface area (Å²) in [4.78, 5) is 12.5. The molecule has 408 valence electrons. The third kappa shape index (κ3) is 57.8. The lowest BCUT2D eigenvalue weighted by Crippen LogP contribution is -2.45. The standard InChI is InChI=1S/C67H117NO3/c1-3-5-7-9-11-13-15-17-19-21-23-25-26-27-28-29-30-31-32-33-34-35-36-37-38-39-40-41-42-43-45-47-49-51-53-55-57-59-61-63-67(71)68-65(64-69)66(70)62-60-58-56-54-52-50-48-46-44-24-22-20-18-16-14-12-10-8-6-4-2/h5,7,11,13,17,19,23,25,27-28,30-31,33-34,36-37,39-40,65-66,69-70H,3-4,6,8-10,12,14-16,18,20-22,24,26,29,32,35,38,41-64H2,1-2H3,(H,68,71)/b7-5-,13-11-,19-17-,25-23-,28-27-,31-30-,34-33-,37-36-,40-39-. The Labute approximate surface area is 442 Å². The Hall–Kier alpha value is -2.95. The van der Waals surface area contributed by atoms with E-state index in [1.165, 1.54) is 180 Å². The molecule has 0 aliphatic rings. The normalized spacial score (nSPS) is 13.6. The molecule has 0 rings (SSSR count). The van der Waals surface area contributed by atoms with Gasteiger partial charge in [-0.25, -0.2) is 0 Å². The minimum atomic E-state index is -0.667. The number of aliphatic hydroxyl groups is 2. The molecule has 0 saturated carbocycles. The van der Waals surface area contributed by atoms with Crippen molar-refractivity contribution in [3.8, 4) is 0 Å². The largest absolute Gasteiger partial charge is 0.394 e. The predicted molar refractivity (Wildman–Crippen MR) is 317 cm³/mol. The first-order chi connectivity index (χ1) is 35.2. The Bertz CT molecular complexity index is 1350. The maximum atomic E-state index is 12.5. The fourth-order valence-electron chi connectivity index (χ4n) is 8.94. The number of nitrogens with one attached hydrogen (secondary N) is 1. The number of rotatable bonds is 55. The van der Waals surface area contributed by atoms with Gasteiger partial charge in [-0.2, -0.15) is 0 Å². The second-order valence-electron chi connectivity index (χ2n) is 20.4. The van der Waals surface area contributed by atoms with Crippen LogP contribution in [0.5, 0.6) is 0 Å². The Morgan fingerprint density at radius 3 is 0.930 bits per heavy atom.